The summed E-state index contributed by atoms with van der Waals surface area (Å²) in [7, 11) is 1.82. The summed E-state index contributed by atoms with van der Waals surface area (Å²) in [6.07, 6.45) is 19.7. The molecule has 0 aromatic rings. The first-order chi connectivity index (χ1) is 9.62. The van der Waals surface area contributed by atoms with E-state index in [1.54, 1.807) is 0 Å². The predicted octanol–water partition coefficient (Wildman–Crippen LogP) is 6.89. The van der Waals surface area contributed by atoms with Crippen LogP contribution in [0.15, 0.2) is 0 Å². The third-order valence-corrected chi connectivity index (χ3v) is 4.43. The van der Waals surface area contributed by atoms with Crippen LogP contribution in [0.4, 0.5) is 0 Å². The van der Waals surface area contributed by atoms with Gasteiger partial charge in [-0.15, -0.1) is 0 Å². The molecule has 0 rings (SSSR count). The Labute approximate surface area is 128 Å². The van der Waals surface area contributed by atoms with Crippen molar-refractivity contribution in [3.8, 4) is 0 Å². The van der Waals surface area contributed by atoms with Gasteiger partial charge in [0, 0.05) is 7.11 Å². The molecule has 0 bridgehead atoms. The van der Waals surface area contributed by atoms with Crippen molar-refractivity contribution in [3.63, 3.8) is 0 Å². The fourth-order valence-electron chi connectivity index (χ4n) is 2.67. The molecule has 1 nitrogen and oxygen atoms in total. The number of unbranched alkanes of at least 4 members (excludes halogenated alkanes) is 12. The molecule has 0 heterocycles. The van der Waals surface area contributed by atoms with Crippen LogP contribution < -0.4 is 0 Å². The van der Waals surface area contributed by atoms with E-state index in [2.05, 4.69) is 20.8 Å². The van der Waals surface area contributed by atoms with Crippen molar-refractivity contribution >= 4 is 0 Å². The summed E-state index contributed by atoms with van der Waals surface area (Å²) in [6.45, 7) is 6.66. The molecule has 0 saturated carbocycles. The number of methoxy groups -OCH3 is 1. The summed E-state index contributed by atoms with van der Waals surface area (Å²) >= 11 is 0. The molecule has 0 unspecified atom stereocenters. The van der Waals surface area contributed by atoms with Gasteiger partial charge in [0.1, 0.15) is 0 Å². The number of hydrogen-bond donors (Lipinski definition) is 0. The van der Waals surface area contributed by atoms with Crippen molar-refractivity contribution in [3.05, 3.63) is 0 Å². The zero-order chi connectivity index (χ0) is 15.1. The second-order valence-electron chi connectivity index (χ2n) is 6.96. The average Bonchev–Trinajstić information content (AvgIpc) is 2.44. The van der Waals surface area contributed by atoms with E-state index < -0.39 is 0 Å². The molecule has 0 N–H and O–H groups in total. The number of hydrogen-bond acceptors (Lipinski definition) is 1. The van der Waals surface area contributed by atoms with Gasteiger partial charge < -0.3 is 4.74 Å². The fourth-order valence-corrected chi connectivity index (χ4v) is 2.67. The molecule has 0 radical (unpaired) electrons. The molecule has 0 aromatic carbocycles. The molecule has 20 heavy (non-hydrogen) atoms. The number of ether oxygens (including phenoxy) is 1. The van der Waals surface area contributed by atoms with E-state index in [1.165, 1.54) is 89.9 Å². The Morgan fingerprint density at radius 3 is 1.30 bits per heavy atom. The lowest BCUT2D eigenvalue weighted by molar-refractivity contribution is 0.0134. The fraction of sp³-hybridized carbons (Fsp3) is 1.00. The second-order valence-corrected chi connectivity index (χ2v) is 6.96. The Morgan fingerprint density at radius 1 is 0.600 bits per heavy atom. The summed E-state index contributed by atoms with van der Waals surface area (Å²) in [5.74, 6) is 0. The summed E-state index contributed by atoms with van der Waals surface area (Å²) in [5.41, 5.74) is 0.0811. The third kappa shape index (κ3) is 14.4. The molecule has 0 aliphatic heterocycles. The van der Waals surface area contributed by atoms with Gasteiger partial charge in [-0.1, -0.05) is 90.4 Å². The maximum atomic E-state index is 5.44. The van der Waals surface area contributed by atoms with Crippen molar-refractivity contribution in [1.82, 2.24) is 0 Å². The van der Waals surface area contributed by atoms with Gasteiger partial charge in [-0.2, -0.15) is 0 Å². The Morgan fingerprint density at radius 2 is 0.950 bits per heavy atom. The van der Waals surface area contributed by atoms with Gasteiger partial charge in [0.2, 0.25) is 0 Å². The molecule has 0 fully saturated rings. The highest BCUT2D eigenvalue weighted by Crippen LogP contribution is 2.18. The summed E-state index contributed by atoms with van der Waals surface area (Å²) in [6, 6.07) is 0. The zero-order valence-electron chi connectivity index (χ0n) is 14.8. The molecule has 0 amide bonds. The maximum Gasteiger partial charge on any atom is 0.0622 e. The third-order valence-electron chi connectivity index (χ3n) is 4.43. The average molecular weight is 285 g/mol. The summed E-state index contributed by atoms with van der Waals surface area (Å²) in [5, 5.41) is 0. The van der Waals surface area contributed by atoms with Gasteiger partial charge in [0.05, 0.1) is 5.60 Å². The molecule has 0 aliphatic rings. The molecule has 1 heteroatoms. The van der Waals surface area contributed by atoms with E-state index in [1.807, 2.05) is 7.11 Å². The van der Waals surface area contributed by atoms with E-state index in [4.69, 9.17) is 4.74 Å². The molecule has 0 atom stereocenters. The molecular weight excluding hydrogens is 244 g/mol. The molecule has 0 aromatic heterocycles. The van der Waals surface area contributed by atoms with Crippen molar-refractivity contribution in [2.24, 2.45) is 0 Å². The van der Waals surface area contributed by atoms with Crippen LogP contribution in [0.5, 0.6) is 0 Å². The van der Waals surface area contributed by atoms with Crippen LogP contribution in [0.2, 0.25) is 0 Å². The lowest BCUT2D eigenvalue weighted by atomic mass is 9.99. The topological polar surface area (TPSA) is 9.23 Å². The van der Waals surface area contributed by atoms with Crippen molar-refractivity contribution in [2.75, 3.05) is 7.11 Å². The summed E-state index contributed by atoms with van der Waals surface area (Å²) in [4.78, 5) is 0. The van der Waals surface area contributed by atoms with Crippen LogP contribution in [-0.4, -0.2) is 12.7 Å². The van der Waals surface area contributed by atoms with Crippen LogP contribution in [-0.2, 0) is 4.74 Å². The van der Waals surface area contributed by atoms with Crippen LogP contribution >= 0.6 is 0 Å². The van der Waals surface area contributed by atoms with E-state index in [-0.39, 0.29) is 5.60 Å². The van der Waals surface area contributed by atoms with Crippen molar-refractivity contribution in [2.45, 2.75) is 116 Å². The van der Waals surface area contributed by atoms with Crippen molar-refractivity contribution < 1.29 is 4.74 Å². The normalized spacial score (nSPS) is 12.0. The molecular formula is C19H40O. The minimum Gasteiger partial charge on any atom is -0.379 e. The lowest BCUT2D eigenvalue weighted by Crippen LogP contribution is -2.21. The molecule has 122 valence electrons. The van der Waals surface area contributed by atoms with Crippen LogP contribution in [0.25, 0.3) is 0 Å². The standard InChI is InChI=1S/C19H40O/c1-5-6-7-8-9-10-11-12-13-14-15-16-17-18-19(2,3)20-4/h5-18H2,1-4H3. The maximum absolute atomic E-state index is 5.44. The molecule has 0 saturated heterocycles. The Bertz CT molecular complexity index is 186. The van der Waals surface area contributed by atoms with E-state index in [9.17, 15) is 0 Å². The van der Waals surface area contributed by atoms with Gasteiger partial charge in [0.15, 0.2) is 0 Å². The first-order valence-electron chi connectivity index (χ1n) is 9.17. The second kappa shape index (κ2) is 13.9. The first-order valence-corrected chi connectivity index (χ1v) is 9.17. The van der Waals surface area contributed by atoms with Gasteiger partial charge in [-0.3, -0.25) is 0 Å². The molecule has 0 aliphatic carbocycles. The predicted molar refractivity (Wildman–Crippen MR) is 91.4 cm³/mol. The Kier molecular flexibility index (Phi) is 13.9. The van der Waals surface area contributed by atoms with E-state index in [0.29, 0.717) is 0 Å². The highest BCUT2D eigenvalue weighted by Gasteiger charge is 2.14. The van der Waals surface area contributed by atoms with Crippen molar-refractivity contribution in [1.29, 1.82) is 0 Å². The largest absolute Gasteiger partial charge is 0.379 e. The van der Waals surface area contributed by atoms with E-state index >= 15 is 0 Å². The quantitative estimate of drug-likeness (QED) is 0.297. The van der Waals surface area contributed by atoms with Gasteiger partial charge in [-0.25, -0.2) is 0 Å². The summed E-state index contributed by atoms with van der Waals surface area (Å²) < 4.78 is 5.44. The highest BCUT2D eigenvalue weighted by atomic mass is 16.5. The first kappa shape index (κ1) is 20.0. The van der Waals surface area contributed by atoms with Crippen LogP contribution in [0, 0.1) is 0 Å². The van der Waals surface area contributed by atoms with Crippen LogP contribution in [0.3, 0.4) is 0 Å². The lowest BCUT2D eigenvalue weighted by Gasteiger charge is -2.22. The van der Waals surface area contributed by atoms with Gasteiger partial charge in [0.25, 0.3) is 0 Å². The van der Waals surface area contributed by atoms with Gasteiger partial charge >= 0.3 is 0 Å². The number of rotatable bonds is 15. The van der Waals surface area contributed by atoms with Crippen LogP contribution in [0.1, 0.15) is 111 Å². The smallest absolute Gasteiger partial charge is 0.0622 e. The monoisotopic (exact) mass is 284 g/mol. The Hall–Kier alpha value is -0.0400. The zero-order valence-corrected chi connectivity index (χ0v) is 14.8. The molecule has 0 spiro atoms. The minimum atomic E-state index is 0.0811. The Balaban J connectivity index is 3.06. The minimum absolute atomic E-state index is 0.0811. The van der Waals surface area contributed by atoms with Gasteiger partial charge in [-0.05, 0) is 20.3 Å². The highest BCUT2D eigenvalue weighted by molar-refractivity contribution is 4.67. The van der Waals surface area contributed by atoms with E-state index in [0.717, 1.165) is 0 Å². The SMILES string of the molecule is CCCCCCCCCCCCCCCC(C)(C)OC.